The molecular formula is C15H25ClN4O3. The summed E-state index contributed by atoms with van der Waals surface area (Å²) in [4.78, 5) is 38.3. The van der Waals surface area contributed by atoms with Crippen molar-refractivity contribution >= 4 is 30.3 Å². The number of nitrogens with zero attached hydrogens (tertiary/aromatic N) is 1. The molecule has 130 valence electrons. The summed E-state index contributed by atoms with van der Waals surface area (Å²) in [5.74, 6) is -0.494. The fourth-order valence-corrected chi connectivity index (χ4v) is 3.72. The molecule has 2 heterocycles. The Morgan fingerprint density at radius 2 is 2.00 bits per heavy atom. The lowest BCUT2D eigenvalue weighted by molar-refractivity contribution is -0.138. The van der Waals surface area contributed by atoms with Crippen molar-refractivity contribution in [3.63, 3.8) is 0 Å². The molecule has 0 aromatic rings. The largest absolute Gasteiger partial charge is 0.350 e. The predicted molar refractivity (Wildman–Crippen MR) is 87.3 cm³/mol. The second-order valence-electron chi connectivity index (χ2n) is 6.62. The van der Waals surface area contributed by atoms with Gasteiger partial charge in [0.2, 0.25) is 5.91 Å². The van der Waals surface area contributed by atoms with E-state index in [0.29, 0.717) is 12.8 Å². The van der Waals surface area contributed by atoms with Crippen LogP contribution in [0.3, 0.4) is 0 Å². The maximum atomic E-state index is 12.6. The van der Waals surface area contributed by atoms with Crippen LogP contribution >= 0.6 is 12.4 Å². The topological polar surface area (TPSA) is 90.5 Å². The Morgan fingerprint density at radius 3 is 2.61 bits per heavy atom. The second-order valence-corrected chi connectivity index (χ2v) is 6.62. The Bertz CT molecular complexity index is 487. The van der Waals surface area contributed by atoms with Crippen molar-refractivity contribution in [1.82, 2.24) is 20.9 Å². The molecule has 2 atom stereocenters. The first-order valence-corrected chi connectivity index (χ1v) is 8.20. The molecule has 8 heteroatoms. The minimum Gasteiger partial charge on any atom is -0.350 e. The highest BCUT2D eigenvalue weighted by molar-refractivity contribution is 6.09. The van der Waals surface area contributed by atoms with Crippen LogP contribution in [0, 0.1) is 0 Å². The molecule has 0 radical (unpaired) electrons. The Morgan fingerprint density at radius 1 is 1.30 bits per heavy atom. The summed E-state index contributed by atoms with van der Waals surface area (Å²) in [5.41, 5.74) is -0.752. The predicted octanol–water partition coefficient (Wildman–Crippen LogP) is 0.530. The number of carbonyl (C=O) groups is 3. The number of imide groups is 1. The standard InChI is InChI=1S/C15H24N4O3.ClH/c1-10(12(20)17-11-5-4-8-16-9-11)19-13(21)15(18-14(19)22)6-2-3-7-15;/h10-11,16H,2-9H2,1H3,(H,17,20)(H,18,22);1H/t10?,11-;/m0./s1. The van der Waals surface area contributed by atoms with Gasteiger partial charge in [0, 0.05) is 12.6 Å². The zero-order valence-electron chi connectivity index (χ0n) is 13.4. The van der Waals surface area contributed by atoms with Crippen LogP contribution in [0.2, 0.25) is 0 Å². The molecule has 3 rings (SSSR count). The normalized spacial score (nSPS) is 27.5. The van der Waals surface area contributed by atoms with Gasteiger partial charge < -0.3 is 16.0 Å². The number of nitrogens with one attached hydrogen (secondary N) is 3. The summed E-state index contributed by atoms with van der Waals surface area (Å²) in [7, 11) is 0. The molecule has 3 fully saturated rings. The average molecular weight is 345 g/mol. The van der Waals surface area contributed by atoms with Gasteiger partial charge in [0.1, 0.15) is 11.6 Å². The van der Waals surface area contributed by atoms with Crippen LogP contribution in [0.15, 0.2) is 0 Å². The lowest BCUT2D eigenvalue weighted by Crippen LogP contribution is -2.54. The summed E-state index contributed by atoms with van der Waals surface area (Å²) in [6.07, 6.45) is 5.17. The van der Waals surface area contributed by atoms with Crippen molar-refractivity contribution in [2.24, 2.45) is 0 Å². The highest BCUT2D eigenvalue weighted by Gasteiger charge is 2.54. The van der Waals surface area contributed by atoms with E-state index in [1.807, 2.05) is 0 Å². The fraction of sp³-hybridized carbons (Fsp3) is 0.800. The first-order valence-electron chi connectivity index (χ1n) is 8.20. The van der Waals surface area contributed by atoms with Gasteiger partial charge in [-0.15, -0.1) is 12.4 Å². The number of rotatable bonds is 3. The molecule has 2 aliphatic heterocycles. The molecule has 1 saturated carbocycles. The average Bonchev–Trinajstić information content (AvgIpc) is 3.06. The number of hydrogen-bond donors (Lipinski definition) is 3. The molecule has 1 aliphatic carbocycles. The molecule has 1 unspecified atom stereocenters. The summed E-state index contributed by atoms with van der Waals surface area (Å²) in [6, 6.07) is -1.13. The Balaban J connectivity index is 0.00000192. The van der Waals surface area contributed by atoms with Crippen LogP contribution in [0.4, 0.5) is 4.79 Å². The second kappa shape index (κ2) is 7.05. The van der Waals surface area contributed by atoms with Crippen LogP contribution < -0.4 is 16.0 Å². The molecule has 0 aromatic carbocycles. The third-order valence-corrected chi connectivity index (χ3v) is 5.06. The van der Waals surface area contributed by atoms with E-state index in [1.54, 1.807) is 6.92 Å². The van der Waals surface area contributed by atoms with E-state index in [-0.39, 0.29) is 30.3 Å². The highest BCUT2D eigenvalue weighted by Crippen LogP contribution is 2.35. The maximum absolute atomic E-state index is 12.6. The SMILES string of the molecule is CC(C(=O)N[C@H]1CCCNC1)N1C(=O)NC2(CCCC2)C1=O.Cl. The summed E-state index contributed by atoms with van der Waals surface area (Å²) < 4.78 is 0. The minimum atomic E-state index is -0.769. The molecule has 7 nitrogen and oxygen atoms in total. The smallest absolute Gasteiger partial charge is 0.325 e. The molecular weight excluding hydrogens is 320 g/mol. The fourth-order valence-electron chi connectivity index (χ4n) is 3.72. The minimum absolute atomic E-state index is 0. The number of urea groups is 1. The Labute approximate surface area is 142 Å². The van der Waals surface area contributed by atoms with E-state index >= 15 is 0 Å². The monoisotopic (exact) mass is 344 g/mol. The number of carbonyl (C=O) groups excluding carboxylic acids is 3. The quantitative estimate of drug-likeness (QED) is 0.651. The molecule has 3 N–H and O–H groups in total. The lowest BCUT2D eigenvalue weighted by Gasteiger charge is -2.28. The molecule has 23 heavy (non-hydrogen) atoms. The molecule has 4 amide bonds. The van der Waals surface area contributed by atoms with Gasteiger partial charge in [-0.05, 0) is 39.2 Å². The third-order valence-electron chi connectivity index (χ3n) is 5.06. The summed E-state index contributed by atoms with van der Waals surface area (Å²) >= 11 is 0. The first kappa shape index (κ1) is 18.0. The van der Waals surface area contributed by atoms with Crippen molar-refractivity contribution < 1.29 is 14.4 Å². The summed E-state index contributed by atoms with van der Waals surface area (Å²) in [6.45, 7) is 3.33. The van der Waals surface area contributed by atoms with Gasteiger partial charge in [-0.25, -0.2) is 9.69 Å². The van der Waals surface area contributed by atoms with Gasteiger partial charge in [0.15, 0.2) is 0 Å². The molecule has 1 spiro atoms. The molecule has 0 aromatic heterocycles. The van der Waals surface area contributed by atoms with Crippen LogP contribution in [-0.4, -0.2) is 53.5 Å². The van der Waals surface area contributed by atoms with Gasteiger partial charge in [-0.2, -0.15) is 0 Å². The zero-order valence-corrected chi connectivity index (χ0v) is 14.2. The van der Waals surface area contributed by atoms with E-state index in [1.165, 1.54) is 0 Å². The third kappa shape index (κ3) is 3.30. The Kier molecular flexibility index (Phi) is 5.52. The maximum Gasteiger partial charge on any atom is 0.325 e. The number of hydrogen-bond acceptors (Lipinski definition) is 4. The van der Waals surface area contributed by atoms with Crippen molar-refractivity contribution in [3.05, 3.63) is 0 Å². The summed E-state index contributed by atoms with van der Waals surface area (Å²) in [5, 5.41) is 8.99. The van der Waals surface area contributed by atoms with Gasteiger partial charge in [-0.1, -0.05) is 12.8 Å². The van der Waals surface area contributed by atoms with Crippen molar-refractivity contribution in [2.75, 3.05) is 13.1 Å². The van der Waals surface area contributed by atoms with Crippen LogP contribution in [-0.2, 0) is 9.59 Å². The van der Waals surface area contributed by atoms with Crippen LogP contribution in [0.1, 0.15) is 45.4 Å². The Hall–Kier alpha value is -1.34. The van der Waals surface area contributed by atoms with Gasteiger partial charge >= 0.3 is 6.03 Å². The van der Waals surface area contributed by atoms with Gasteiger partial charge in [0.25, 0.3) is 5.91 Å². The van der Waals surface area contributed by atoms with E-state index < -0.39 is 17.6 Å². The van der Waals surface area contributed by atoms with Crippen molar-refractivity contribution in [2.45, 2.75) is 63.1 Å². The van der Waals surface area contributed by atoms with Crippen molar-refractivity contribution in [1.29, 1.82) is 0 Å². The molecule has 2 saturated heterocycles. The van der Waals surface area contributed by atoms with Crippen molar-refractivity contribution in [3.8, 4) is 0 Å². The molecule has 0 bridgehead atoms. The van der Waals surface area contributed by atoms with E-state index in [9.17, 15) is 14.4 Å². The zero-order chi connectivity index (χ0) is 15.7. The number of amides is 4. The van der Waals surface area contributed by atoms with E-state index in [0.717, 1.165) is 43.7 Å². The first-order chi connectivity index (χ1) is 10.5. The van der Waals surface area contributed by atoms with Gasteiger partial charge in [0.05, 0.1) is 0 Å². The van der Waals surface area contributed by atoms with Crippen LogP contribution in [0.25, 0.3) is 0 Å². The highest BCUT2D eigenvalue weighted by atomic mass is 35.5. The number of piperidine rings is 1. The van der Waals surface area contributed by atoms with Crippen LogP contribution in [0.5, 0.6) is 0 Å². The van der Waals surface area contributed by atoms with Gasteiger partial charge in [-0.3, -0.25) is 9.59 Å². The number of halogens is 1. The lowest BCUT2D eigenvalue weighted by atomic mass is 9.97. The van der Waals surface area contributed by atoms with E-state index in [2.05, 4.69) is 16.0 Å². The molecule has 3 aliphatic rings. The van der Waals surface area contributed by atoms with E-state index in [4.69, 9.17) is 0 Å².